The van der Waals surface area contributed by atoms with Gasteiger partial charge in [0, 0.05) is 53.1 Å². The van der Waals surface area contributed by atoms with Gasteiger partial charge in [-0.15, -0.1) is 0 Å². The number of ketones is 1. The molecule has 4 unspecified atom stereocenters. The number of esters is 3. The highest BCUT2D eigenvalue weighted by molar-refractivity contribution is 5.94. The van der Waals surface area contributed by atoms with Gasteiger partial charge < -0.3 is 33.9 Å². The molecule has 0 aromatic carbocycles. The molecule has 4 saturated carbocycles. The number of carbonyl (C=O) groups is 4. The van der Waals surface area contributed by atoms with Gasteiger partial charge in [0.05, 0.1) is 31.2 Å². The summed E-state index contributed by atoms with van der Waals surface area (Å²) in [6.07, 6.45) is 0.204. The molecule has 11 nitrogen and oxygen atoms in total. The summed E-state index contributed by atoms with van der Waals surface area (Å²) in [5.74, 6) is -6.46. The van der Waals surface area contributed by atoms with Crippen LogP contribution in [-0.2, 0) is 33.4 Å². The van der Waals surface area contributed by atoms with E-state index >= 15 is 0 Å². The molecule has 2 heterocycles. The minimum absolute atomic E-state index is 0.131. The summed E-state index contributed by atoms with van der Waals surface area (Å²) in [7, 11) is 1.12. The summed E-state index contributed by atoms with van der Waals surface area (Å²) < 4.78 is 22.0. The van der Waals surface area contributed by atoms with Gasteiger partial charge in [0.1, 0.15) is 17.8 Å². The van der Waals surface area contributed by atoms with Crippen molar-refractivity contribution in [3.05, 3.63) is 35.8 Å². The van der Waals surface area contributed by atoms with Crippen LogP contribution in [0.15, 0.2) is 34.7 Å². The zero-order valence-corrected chi connectivity index (χ0v) is 23.0. The number of furan rings is 1. The van der Waals surface area contributed by atoms with E-state index in [-0.39, 0.29) is 18.4 Å². The Morgan fingerprint density at radius 3 is 2.48 bits per heavy atom. The molecule has 5 aliphatic rings. The standard InChI is InChI=1S/C29H34O11/c1-13(30)40-28-12-26(3)20(19(33)24(35)37-5)27(28,4)15-6-8-25(2)16(29(15,36)21(28)18(32)22(26)34)10-17(31)39-23(25)14-7-9-38-11-14/h7,9-11,15,18-21,23,32-33,36H,6,8,12H2,1-5H3/t15?,18-,19?,20+,21?,23+,25-,26-,27+,28?,29+/m1/s1. The molecule has 40 heavy (non-hydrogen) atoms. The third-order valence-electron chi connectivity index (χ3n) is 11.3. The molecule has 0 saturated heterocycles. The van der Waals surface area contributed by atoms with E-state index in [0.717, 1.165) is 7.11 Å². The maximum atomic E-state index is 14.0. The minimum atomic E-state index is -2.04. The average Bonchev–Trinajstić information content (AvgIpc) is 3.50. The summed E-state index contributed by atoms with van der Waals surface area (Å²) in [6.45, 7) is 6.30. The number of ether oxygens (including phenoxy) is 3. The van der Waals surface area contributed by atoms with Crippen molar-refractivity contribution in [2.75, 3.05) is 7.11 Å². The highest BCUT2D eigenvalue weighted by atomic mass is 16.6. The molecular weight excluding hydrogens is 524 g/mol. The number of methoxy groups -OCH3 is 1. The SMILES string of the molecule is COC(=O)C(O)[C@H]1[C@@]2(C)CC3(OC(C)=O)C([C@@H](O)C2=O)[C@@]2(O)C4=CC(=O)O[C@@H](c5ccoc5)[C@]4(C)CCC2[C@@]13C. The van der Waals surface area contributed by atoms with Crippen LogP contribution < -0.4 is 0 Å². The van der Waals surface area contributed by atoms with Crippen molar-refractivity contribution in [3.8, 4) is 0 Å². The number of hydrogen-bond donors (Lipinski definition) is 3. The van der Waals surface area contributed by atoms with Crippen LogP contribution in [0.4, 0.5) is 0 Å². The summed E-state index contributed by atoms with van der Waals surface area (Å²) >= 11 is 0. The van der Waals surface area contributed by atoms with Crippen LogP contribution in [0.2, 0.25) is 0 Å². The third kappa shape index (κ3) is 2.81. The average molecular weight is 559 g/mol. The summed E-state index contributed by atoms with van der Waals surface area (Å²) in [6, 6.07) is 1.67. The van der Waals surface area contributed by atoms with Gasteiger partial charge in [-0.2, -0.15) is 0 Å². The molecule has 2 bridgehead atoms. The Balaban J connectivity index is 1.64. The van der Waals surface area contributed by atoms with E-state index in [1.165, 1.54) is 25.5 Å². The van der Waals surface area contributed by atoms with E-state index in [1.54, 1.807) is 19.9 Å². The van der Waals surface area contributed by atoms with Crippen molar-refractivity contribution in [2.45, 2.75) is 76.5 Å². The Hall–Kier alpha value is -3.02. The fourth-order valence-corrected chi connectivity index (χ4v) is 10.1. The Morgan fingerprint density at radius 2 is 1.88 bits per heavy atom. The lowest BCUT2D eigenvalue weighted by Gasteiger charge is -2.58. The van der Waals surface area contributed by atoms with E-state index in [9.17, 15) is 34.5 Å². The number of Topliss-reactive ketones (excluding diaryl/α,β-unsaturated/α-hetero) is 1. The first-order valence-electron chi connectivity index (χ1n) is 13.5. The van der Waals surface area contributed by atoms with Gasteiger partial charge in [-0.1, -0.05) is 20.8 Å². The molecule has 11 heteroatoms. The van der Waals surface area contributed by atoms with Crippen molar-refractivity contribution in [3.63, 3.8) is 0 Å². The van der Waals surface area contributed by atoms with Gasteiger partial charge in [0.25, 0.3) is 0 Å². The molecule has 0 radical (unpaired) electrons. The van der Waals surface area contributed by atoms with Crippen molar-refractivity contribution in [1.82, 2.24) is 0 Å². The predicted octanol–water partition coefficient (Wildman–Crippen LogP) is 1.39. The first-order chi connectivity index (χ1) is 18.6. The van der Waals surface area contributed by atoms with E-state index in [1.807, 2.05) is 6.92 Å². The smallest absolute Gasteiger partial charge is 0.335 e. The third-order valence-corrected chi connectivity index (χ3v) is 11.3. The minimum Gasteiger partial charge on any atom is -0.472 e. The van der Waals surface area contributed by atoms with Crippen molar-refractivity contribution >= 4 is 23.7 Å². The lowest BCUT2D eigenvalue weighted by molar-refractivity contribution is -0.200. The molecule has 11 atom stereocenters. The van der Waals surface area contributed by atoms with E-state index in [4.69, 9.17) is 18.6 Å². The van der Waals surface area contributed by atoms with Crippen LogP contribution in [-0.4, -0.2) is 69.5 Å². The Morgan fingerprint density at radius 1 is 1.18 bits per heavy atom. The van der Waals surface area contributed by atoms with Gasteiger partial charge in [0.15, 0.2) is 11.9 Å². The molecule has 216 valence electrons. The molecule has 3 N–H and O–H groups in total. The summed E-state index contributed by atoms with van der Waals surface area (Å²) in [5, 5.41) is 36.1. The van der Waals surface area contributed by atoms with Crippen LogP contribution in [0.5, 0.6) is 0 Å². The predicted molar refractivity (Wildman–Crippen MR) is 133 cm³/mol. The molecule has 6 rings (SSSR count). The van der Waals surface area contributed by atoms with Gasteiger partial charge >= 0.3 is 17.9 Å². The Bertz CT molecular complexity index is 1350. The van der Waals surface area contributed by atoms with Crippen LogP contribution in [0.25, 0.3) is 0 Å². The number of fused-ring (bicyclic) bond motifs is 6. The molecule has 4 aliphatic carbocycles. The maximum Gasteiger partial charge on any atom is 0.335 e. The van der Waals surface area contributed by atoms with Crippen molar-refractivity contribution in [1.29, 1.82) is 0 Å². The second-order valence-electron chi connectivity index (χ2n) is 12.9. The highest BCUT2D eigenvalue weighted by Gasteiger charge is 2.90. The number of hydrogen-bond acceptors (Lipinski definition) is 11. The number of rotatable bonds is 4. The van der Waals surface area contributed by atoms with Crippen LogP contribution in [0.1, 0.15) is 58.6 Å². The molecule has 1 aliphatic heterocycles. The second kappa shape index (κ2) is 8.04. The molecule has 1 aromatic rings. The van der Waals surface area contributed by atoms with Gasteiger partial charge in [-0.3, -0.25) is 9.59 Å². The molecule has 4 fully saturated rings. The monoisotopic (exact) mass is 558 g/mol. The fraction of sp³-hybridized carbons (Fsp3) is 0.655. The van der Waals surface area contributed by atoms with Gasteiger partial charge in [-0.25, -0.2) is 9.59 Å². The second-order valence-corrected chi connectivity index (χ2v) is 12.9. The van der Waals surface area contributed by atoms with Gasteiger partial charge in [0.2, 0.25) is 0 Å². The molecule has 0 spiro atoms. The Kier molecular flexibility index (Phi) is 5.46. The normalized spacial score (nSPS) is 47.5. The Labute approximate surface area is 230 Å². The van der Waals surface area contributed by atoms with E-state index in [0.29, 0.717) is 12.0 Å². The van der Waals surface area contributed by atoms with E-state index in [2.05, 4.69) is 0 Å². The largest absolute Gasteiger partial charge is 0.472 e. The topological polar surface area (TPSA) is 170 Å². The molecule has 0 amide bonds. The first-order valence-corrected chi connectivity index (χ1v) is 13.5. The van der Waals surface area contributed by atoms with Crippen molar-refractivity contribution < 1.29 is 53.1 Å². The van der Waals surface area contributed by atoms with E-state index < -0.39 is 87.2 Å². The van der Waals surface area contributed by atoms with Crippen LogP contribution in [0.3, 0.4) is 0 Å². The molecular formula is C29H34O11. The number of aliphatic hydroxyl groups excluding tert-OH is 2. The van der Waals surface area contributed by atoms with Gasteiger partial charge in [-0.05, 0) is 24.5 Å². The quantitative estimate of drug-likeness (QED) is 0.360. The van der Waals surface area contributed by atoms with Crippen molar-refractivity contribution in [2.24, 2.45) is 34.0 Å². The van der Waals surface area contributed by atoms with Crippen LogP contribution in [0, 0.1) is 34.0 Å². The number of cyclic esters (lactones) is 1. The number of carbonyl (C=O) groups excluding carboxylic acids is 4. The summed E-state index contributed by atoms with van der Waals surface area (Å²) in [5.41, 5.74) is -6.70. The maximum absolute atomic E-state index is 14.0. The van der Waals surface area contributed by atoms with Crippen LogP contribution >= 0.6 is 0 Å². The zero-order chi connectivity index (χ0) is 29.2. The number of aliphatic hydroxyl groups is 3. The summed E-state index contributed by atoms with van der Waals surface area (Å²) in [4.78, 5) is 52.5. The lowest BCUT2D eigenvalue weighted by Crippen LogP contribution is -2.66. The lowest BCUT2D eigenvalue weighted by atomic mass is 9.49. The zero-order valence-electron chi connectivity index (χ0n) is 23.0. The molecule has 1 aromatic heterocycles. The first kappa shape index (κ1) is 27.2. The fourth-order valence-electron chi connectivity index (χ4n) is 10.1. The highest BCUT2D eigenvalue weighted by Crippen LogP contribution is 2.82.